The summed E-state index contributed by atoms with van der Waals surface area (Å²) in [5, 5.41) is 0. The zero-order chi connectivity index (χ0) is 20.1. The van der Waals surface area contributed by atoms with Crippen molar-refractivity contribution in [1.29, 1.82) is 0 Å². The largest absolute Gasteiger partial charge is 0.491 e. The van der Waals surface area contributed by atoms with Gasteiger partial charge in [-0.2, -0.15) is 0 Å². The van der Waals surface area contributed by atoms with Crippen LogP contribution < -0.4 is 15.2 Å². The highest BCUT2D eigenvalue weighted by Crippen LogP contribution is 2.30. The molecule has 1 saturated heterocycles. The minimum atomic E-state index is 0.620. The summed E-state index contributed by atoms with van der Waals surface area (Å²) in [6.07, 6.45) is 4.91. The Kier molecular flexibility index (Phi) is 6.17. The molecule has 0 saturated carbocycles. The quantitative estimate of drug-likeness (QED) is 0.590. The van der Waals surface area contributed by atoms with Gasteiger partial charge in [0.1, 0.15) is 12.4 Å². The Hall–Kier alpha value is -2.77. The van der Waals surface area contributed by atoms with E-state index in [9.17, 15) is 0 Å². The summed E-state index contributed by atoms with van der Waals surface area (Å²) in [6.45, 7) is 7.74. The Labute approximate surface area is 171 Å². The fourth-order valence-electron chi connectivity index (χ4n) is 3.40. The fraction of sp³-hybridized carbons (Fsp3) is 0.409. The van der Waals surface area contributed by atoms with Crippen LogP contribution in [0.2, 0.25) is 0 Å². The smallest absolute Gasteiger partial charge is 0.180 e. The van der Waals surface area contributed by atoms with Crippen molar-refractivity contribution < 1.29 is 14.2 Å². The molecule has 0 bridgehead atoms. The number of morpholine rings is 1. The average Bonchev–Trinajstić information content (AvgIpc) is 3.19. The molecule has 7 heteroatoms. The van der Waals surface area contributed by atoms with E-state index in [-0.39, 0.29) is 0 Å². The maximum Gasteiger partial charge on any atom is 0.180 e. The molecule has 0 radical (unpaired) electrons. The molecule has 1 aromatic carbocycles. The topological polar surface area (TPSA) is 74.2 Å². The lowest BCUT2D eigenvalue weighted by Crippen LogP contribution is -2.38. The van der Waals surface area contributed by atoms with Crippen LogP contribution in [0.25, 0.3) is 16.9 Å². The Bertz CT molecular complexity index is 950. The fourth-order valence-corrected chi connectivity index (χ4v) is 3.40. The zero-order valence-electron chi connectivity index (χ0n) is 16.8. The predicted octanol–water partition coefficient (Wildman–Crippen LogP) is 3.08. The highest BCUT2D eigenvalue weighted by Gasteiger charge is 2.13. The van der Waals surface area contributed by atoms with Crippen molar-refractivity contribution in [3.63, 3.8) is 0 Å². The van der Waals surface area contributed by atoms with E-state index in [2.05, 4.69) is 11.8 Å². The molecule has 0 atom stereocenters. The standard InChI is InChI=1S/C22H28N4O3/c1-2-11-28-20-6-5-17(15-18(20)23)19-16-26-7-3-4-21(22(26)24-19)29-14-10-25-8-12-27-13-9-25/h3-7,15-16H,2,8-14,23H2,1H3. The molecule has 0 spiro atoms. The first-order valence-corrected chi connectivity index (χ1v) is 10.2. The van der Waals surface area contributed by atoms with Gasteiger partial charge in [0.15, 0.2) is 11.4 Å². The highest BCUT2D eigenvalue weighted by molar-refractivity contribution is 5.71. The Balaban J connectivity index is 1.49. The number of ether oxygens (including phenoxy) is 3. The van der Waals surface area contributed by atoms with Crippen molar-refractivity contribution in [3.05, 3.63) is 42.7 Å². The van der Waals surface area contributed by atoms with Crippen LogP contribution in [0.15, 0.2) is 42.7 Å². The van der Waals surface area contributed by atoms with E-state index in [4.69, 9.17) is 24.9 Å². The van der Waals surface area contributed by atoms with E-state index in [1.807, 2.05) is 47.1 Å². The van der Waals surface area contributed by atoms with Crippen molar-refractivity contribution >= 4 is 11.3 Å². The predicted molar refractivity (Wildman–Crippen MR) is 114 cm³/mol. The van der Waals surface area contributed by atoms with Crippen LogP contribution in [0.5, 0.6) is 11.5 Å². The average molecular weight is 396 g/mol. The van der Waals surface area contributed by atoms with Crippen LogP contribution in [0.3, 0.4) is 0 Å². The van der Waals surface area contributed by atoms with E-state index in [0.29, 0.717) is 24.7 Å². The molecule has 1 fully saturated rings. The molecular formula is C22H28N4O3. The number of imidazole rings is 1. The number of nitrogens with two attached hydrogens (primary N) is 1. The van der Waals surface area contributed by atoms with Crippen molar-refractivity contribution in [2.75, 3.05) is 51.8 Å². The third-order valence-electron chi connectivity index (χ3n) is 4.98. The van der Waals surface area contributed by atoms with Crippen LogP contribution in [0, 0.1) is 0 Å². The minimum Gasteiger partial charge on any atom is -0.491 e. The number of nitrogen functional groups attached to an aromatic ring is 1. The van der Waals surface area contributed by atoms with Gasteiger partial charge in [0, 0.05) is 37.6 Å². The second-order valence-corrected chi connectivity index (χ2v) is 7.13. The molecule has 1 aliphatic rings. The van der Waals surface area contributed by atoms with Crippen molar-refractivity contribution in [3.8, 4) is 22.8 Å². The van der Waals surface area contributed by atoms with Gasteiger partial charge in [-0.15, -0.1) is 0 Å². The van der Waals surface area contributed by atoms with Gasteiger partial charge in [-0.25, -0.2) is 4.98 Å². The summed E-state index contributed by atoms with van der Waals surface area (Å²) < 4.78 is 19.1. The second kappa shape index (κ2) is 9.15. The van der Waals surface area contributed by atoms with Crippen molar-refractivity contribution in [1.82, 2.24) is 14.3 Å². The molecule has 0 aliphatic carbocycles. The number of aromatic nitrogens is 2. The molecule has 3 heterocycles. The lowest BCUT2D eigenvalue weighted by atomic mass is 10.1. The number of pyridine rings is 1. The SMILES string of the molecule is CCCOc1ccc(-c2cn3cccc(OCCN4CCOCC4)c3n2)cc1N. The van der Waals surface area contributed by atoms with Crippen LogP contribution in [0.4, 0.5) is 5.69 Å². The van der Waals surface area contributed by atoms with Gasteiger partial charge in [-0.05, 0) is 36.8 Å². The lowest BCUT2D eigenvalue weighted by Gasteiger charge is -2.26. The van der Waals surface area contributed by atoms with E-state index in [1.165, 1.54) is 0 Å². The summed E-state index contributed by atoms with van der Waals surface area (Å²) in [5.41, 5.74) is 9.39. The molecule has 29 heavy (non-hydrogen) atoms. The van der Waals surface area contributed by atoms with E-state index >= 15 is 0 Å². The summed E-state index contributed by atoms with van der Waals surface area (Å²) in [5.74, 6) is 1.49. The van der Waals surface area contributed by atoms with Crippen molar-refractivity contribution in [2.45, 2.75) is 13.3 Å². The number of benzene rings is 1. The highest BCUT2D eigenvalue weighted by atomic mass is 16.5. The zero-order valence-corrected chi connectivity index (χ0v) is 16.8. The molecule has 1 aliphatic heterocycles. The first-order chi connectivity index (χ1) is 14.2. The summed E-state index contributed by atoms with van der Waals surface area (Å²) in [6, 6.07) is 9.73. The van der Waals surface area contributed by atoms with Crippen LogP contribution >= 0.6 is 0 Å². The molecule has 154 valence electrons. The molecule has 0 amide bonds. The minimum absolute atomic E-state index is 0.620. The number of hydrogen-bond acceptors (Lipinski definition) is 6. The molecule has 2 aromatic heterocycles. The third-order valence-corrected chi connectivity index (χ3v) is 4.98. The Morgan fingerprint density at radius 2 is 1.93 bits per heavy atom. The molecule has 7 nitrogen and oxygen atoms in total. The van der Waals surface area contributed by atoms with Crippen LogP contribution in [0.1, 0.15) is 13.3 Å². The number of rotatable bonds is 8. The molecule has 3 aromatic rings. The van der Waals surface area contributed by atoms with Gasteiger partial charge in [-0.1, -0.05) is 6.92 Å². The normalized spacial score (nSPS) is 14.9. The van der Waals surface area contributed by atoms with E-state index < -0.39 is 0 Å². The summed E-state index contributed by atoms with van der Waals surface area (Å²) in [4.78, 5) is 7.14. The number of fused-ring (bicyclic) bond motifs is 1. The first kappa shape index (κ1) is 19.5. The maximum atomic E-state index is 6.16. The van der Waals surface area contributed by atoms with Crippen LogP contribution in [-0.4, -0.2) is 60.3 Å². The van der Waals surface area contributed by atoms with Gasteiger partial charge in [0.05, 0.1) is 31.2 Å². The monoisotopic (exact) mass is 396 g/mol. The summed E-state index contributed by atoms with van der Waals surface area (Å²) >= 11 is 0. The van der Waals surface area contributed by atoms with Gasteiger partial charge in [0.2, 0.25) is 0 Å². The number of nitrogens with zero attached hydrogens (tertiary/aromatic N) is 3. The van der Waals surface area contributed by atoms with Gasteiger partial charge in [0.25, 0.3) is 0 Å². The van der Waals surface area contributed by atoms with E-state index in [1.54, 1.807) is 0 Å². The van der Waals surface area contributed by atoms with Gasteiger partial charge >= 0.3 is 0 Å². The van der Waals surface area contributed by atoms with Gasteiger partial charge in [-0.3, -0.25) is 4.90 Å². The van der Waals surface area contributed by atoms with Crippen LogP contribution in [-0.2, 0) is 4.74 Å². The Morgan fingerprint density at radius 1 is 1.10 bits per heavy atom. The Morgan fingerprint density at radius 3 is 2.72 bits per heavy atom. The lowest BCUT2D eigenvalue weighted by molar-refractivity contribution is 0.0323. The number of anilines is 1. The first-order valence-electron chi connectivity index (χ1n) is 10.2. The molecule has 0 unspecified atom stereocenters. The molecule has 2 N–H and O–H groups in total. The molecular weight excluding hydrogens is 368 g/mol. The van der Waals surface area contributed by atoms with E-state index in [0.717, 1.165) is 61.9 Å². The maximum absolute atomic E-state index is 6.16. The third kappa shape index (κ3) is 4.63. The summed E-state index contributed by atoms with van der Waals surface area (Å²) in [7, 11) is 0. The van der Waals surface area contributed by atoms with Crippen molar-refractivity contribution in [2.24, 2.45) is 0 Å². The molecule has 4 rings (SSSR count). The number of hydrogen-bond donors (Lipinski definition) is 1. The van der Waals surface area contributed by atoms with Gasteiger partial charge < -0.3 is 24.3 Å². The second-order valence-electron chi connectivity index (χ2n) is 7.13.